The van der Waals surface area contributed by atoms with E-state index in [-0.39, 0.29) is 11.9 Å². The van der Waals surface area contributed by atoms with Gasteiger partial charge in [0.2, 0.25) is 0 Å². The molecule has 0 bridgehead atoms. The van der Waals surface area contributed by atoms with Crippen molar-refractivity contribution in [3.8, 4) is 11.5 Å². The first kappa shape index (κ1) is 17.8. The van der Waals surface area contributed by atoms with E-state index in [1.165, 1.54) is 0 Å². The SMILES string of the molecule is CCOc1cc(C(=O)NC(C)C(C)C)ccc1OCC(=O)O. The smallest absolute Gasteiger partial charge is 0.341 e. The minimum absolute atomic E-state index is 0.0472. The molecule has 1 amide bonds. The molecule has 0 aliphatic heterocycles. The fourth-order valence-electron chi connectivity index (χ4n) is 1.63. The molecule has 6 heteroatoms. The van der Waals surface area contributed by atoms with Gasteiger partial charge in [-0.2, -0.15) is 0 Å². The number of carbonyl (C=O) groups is 2. The number of aliphatic carboxylic acids is 1. The molecule has 122 valence electrons. The third-order valence-corrected chi connectivity index (χ3v) is 3.22. The summed E-state index contributed by atoms with van der Waals surface area (Å²) in [5.41, 5.74) is 0.443. The average Bonchev–Trinajstić information content (AvgIpc) is 2.45. The molecule has 0 fully saturated rings. The maximum atomic E-state index is 12.2. The van der Waals surface area contributed by atoms with Crippen molar-refractivity contribution in [2.75, 3.05) is 13.2 Å². The number of carboxylic acid groups (broad SMARTS) is 1. The van der Waals surface area contributed by atoms with Crippen LogP contribution in [0.2, 0.25) is 0 Å². The highest BCUT2D eigenvalue weighted by Crippen LogP contribution is 2.28. The zero-order valence-electron chi connectivity index (χ0n) is 13.4. The van der Waals surface area contributed by atoms with Crippen molar-refractivity contribution < 1.29 is 24.2 Å². The number of carboxylic acids is 1. The summed E-state index contributed by atoms with van der Waals surface area (Å²) in [6, 6.07) is 4.74. The second-order valence-electron chi connectivity index (χ2n) is 5.28. The molecule has 0 heterocycles. The maximum Gasteiger partial charge on any atom is 0.341 e. The molecule has 0 saturated carbocycles. The van der Waals surface area contributed by atoms with Crippen LogP contribution in [0.1, 0.15) is 38.1 Å². The summed E-state index contributed by atoms with van der Waals surface area (Å²) >= 11 is 0. The Labute approximate surface area is 130 Å². The standard InChI is InChI=1S/C16H23NO5/c1-5-21-14-8-12(16(20)17-11(4)10(2)3)6-7-13(14)22-9-15(18)19/h6-8,10-11H,5,9H2,1-4H3,(H,17,20)(H,18,19). The van der Waals surface area contributed by atoms with E-state index in [1.54, 1.807) is 25.1 Å². The topological polar surface area (TPSA) is 84.9 Å². The van der Waals surface area contributed by atoms with Gasteiger partial charge in [-0.05, 0) is 38.0 Å². The Kier molecular flexibility index (Phi) is 6.69. The summed E-state index contributed by atoms with van der Waals surface area (Å²) < 4.78 is 10.6. The minimum Gasteiger partial charge on any atom is -0.490 e. The van der Waals surface area contributed by atoms with Crippen LogP contribution in [0.25, 0.3) is 0 Å². The van der Waals surface area contributed by atoms with E-state index >= 15 is 0 Å². The van der Waals surface area contributed by atoms with Gasteiger partial charge >= 0.3 is 5.97 Å². The summed E-state index contributed by atoms with van der Waals surface area (Å²) in [6.45, 7) is 7.72. The van der Waals surface area contributed by atoms with Crippen LogP contribution in [0.15, 0.2) is 18.2 Å². The second kappa shape index (κ2) is 8.26. The number of ether oxygens (including phenoxy) is 2. The lowest BCUT2D eigenvalue weighted by atomic mass is 10.1. The Hall–Kier alpha value is -2.24. The summed E-state index contributed by atoms with van der Waals surface area (Å²) in [4.78, 5) is 22.8. The molecule has 0 aliphatic rings. The van der Waals surface area contributed by atoms with Crippen LogP contribution in [-0.4, -0.2) is 36.2 Å². The van der Waals surface area contributed by atoms with Crippen LogP contribution in [0, 0.1) is 5.92 Å². The first-order chi connectivity index (χ1) is 10.3. The fourth-order valence-corrected chi connectivity index (χ4v) is 1.63. The number of hydrogen-bond acceptors (Lipinski definition) is 4. The lowest BCUT2D eigenvalue weighted by Gasteiger charge is -2.18. The number of benzene rings is 1. The monoisotopic (exact) mass is 309 g/mol. The Balaban J connectivity index is 2.91. The average molecular weight is 309 g/mol. The molecule has 2 N–H and O–H groups in total. The Bertz CT molecular complexity index is 527. The quantitative estimate of drug-likeness (QED) is 0.770. The highest BCUT2D eigenvalue weighted by atomic mass is 16.5. The van der Waals surface area contributed by atoms with Crippen molar-refractivity contribution in [1.29, 1.82) is 0 Å². The maximum absolute atomic E-state index is 12.2. The van der Waals surface area contributed by atoms with Crippen LogP contribution in [0.3, 0.4) is 0 Å². The van der Waals surface area contributed by atoms with Crippen molar-refractivity contribution >= 4 is 11.9 Å². The summed E-state index contributed by atoms with van der Waals surface area (Å²) in [5, 5.41) is 11.6. The van der Waals surface area contributed by atoms with Crippen LogP contribution in [0.5, 0.6) is 11.5 Å². The van der Waals surface area contributed by atoms with Crippen LogP contribution in [-0.2, 0) is 4.79 Å². The van der Waals surface area contributed by atoms with Crippen LogP contribution >= 0.6 is 0 Å². The number of hydrogen-bond donors (Lipinski definition) is 2. The van der Waals surface area contributed by atoms with E-state index in [9.17, 15) is 9.59 Å². The number of rotatable bonds is 8. The van der Waals surface area contributed by atoms with Gasteiger partial charge in [-0.3, -0.25) is 4.79 Å². The zero-order chi connectivity index (χ0) is 16.7. The van der Waals surface area contributed by atoms with Gasteiger partial charge in [-0.1, -0.05) is 13.8 Å². The lowest BCUT2D eigenvalue weighted by molar-refractivity contribution is -0.139. The lowest BCUT2D eigenvalue weighted by Crippen LogP contribution is -2.36. The van der Waals surface area contributed by atoms with Gasteiger partial charge in [0.15, 0.2) is 18.1 Å². The molecule has 0 saturated heterocycles. The number of carbonyl (C=O) groups excluding carboxylic acids is 1. The van der Waals surface area contributed by atoms with Crippen LogP contribution < -0.4 is 14.8 Å². The molecule has 0 radical (unpaired) electrons. The Morgan fingerprint density at radius 3 is 2.41 bits per heavy atom. The van der Waals surface area contributed by atoms with Crippen molar-refractivity contribution in [3.05, 3.63) is 23.8 Å². The molecule has 6 nitrogen and oxygen atoms in total. The van der Waals surface area contributed by atoms with Crippen molar-refractivity contribution in [1.82, 2.24) is 5.32 Å². The number of nitrogens with one attached hydrogen (secondary N) is 1. The molecular formula is C16H23NO5. The first-order valence-corrected chi connectivity index (χ1v) is 7.27. The third kappa shape index (κ3) is 5.27. The van der Waals surface area contributed by atoms with Crippen molar-refractivity contribution in [2.45, 2.75) is 33.7 Å². The highest BCUT2D eigenvalue weighted by molar-refractivity contribution is 5.95. The Morgan fingerprint density at radius 2 is 1.86 bits per heavy atom. The van der Waals surface area contributed by atoms with E-state index in [0.717, 1.165) is 0 Å². The van der Waals surface area contributed by atoms with Crippen LogP contribution in [0.4, 0.5) is 0 Å². The summed E-state index contributed by atoms with van der Waals surface area (Å²) in [5.74, 6) is -0.290. The predicted octanol–water partition coefficient (Wildman–Crippen LogP) is 2.32. The normalized spacial score (nSPS) is 11.9. The zero-order valence-corrected chi connectivity index (χ0v) is 13.4. The van der Waals surface area contributed by atoms with E-state index in [4.69, 9.17) is 14.6 Å². The predicted molar refractivity (Wildman–Crippen MR) is 82.5 cm³/mol. The molecule has 1 aromatic rings. The molecular weight excluding hydrogens is 286 g/mol. The van der Waals surface area contributed by atoms with Gasteiger partial charge in [0, 0.05) is 11.6 Å². The highest BCUT2D eigenvalue weighted by Gasteiger charge is 2.15. The molecule has 0 aromatic heterocycles. The van der Waals surface area contributed by atoms with Crippen molar-refractivity contribution in [2.24, 2.45) is 5.92 Å². The van der Waals surface area contributed by atoms with Gasteiger partial charge in [-0.25, -0.2) is 4.79 Å². The molecule has 1 unspecified atom stereocenters. The molecule has 1 aromatic carbocycles. The van der Waals surface area contributed by atoms with E-state index in [0.29, 0.717) is 29.6 Å². The third-order valence-electron chi connectivity index (χ3n) is 3.22. The van der Waals surface area contributed by atoms with E-state index < -0.39 is 12.6 Å². The second-order valence-corrected chi connectivity index (χ2v) is 5.28. The summed E-state index contributed by atoms with van der Waals surface area (Å²) in [7, 11) is 0. The van der Waals surface area contributed by atoms with Gasteiger partial charge in [0.05, 0.1) is 6.61 Å². The van der Waals surface area contributed by atoms with Gasteiger partial charge in [-0.15, -0.1) is 0 Å². The largest absolute Gasteiger partial charge is 0.490 e. The van der Waals surface area contributed by atoms with E-state index in [2.05, 4.69) is 5.32 Å². The Morgan fingerprint density at radius 1 is 1.18 bits per heavy atom. The molecule has 1 atom stereocenters. The first-order valence-electron chi connectivity index (χ1n) is 7.27. The molecule has 1 rings (SSSR count). The molecule has 0 spiro atoms. The van der Waals surface area contributed by atoms with Gasteiger partial charge in [0.25, 0.3) is 5.91 Å². The number of amides is 1. The molecule has 0 aliphatic carbocycles. The van der Waals surface area contributed by atoms with Gasteiger partial charge in [0.1, 0.15) is 0 Å². The minimum atomic E-state index is -1.07. The fraction of sp³-hybridized carbons (Fsp3) is 0.500. The van der Waals surface area contributed by atoms with E-state index in [1.807, 2.05) is 20.8 Å². The van der Waals surface area contributed by atoms with Gasteiger partial charge < -0.3 is 19.9 Å². The summed E-state index contributed by atoms with van der Waals surface area (Å²) in [6.07, 6.45) is 0. The van der Waals surface area contributed by atoms with Crippen molar-refractivity contribution in [3.63, 3.8) is 0 Å². The molecule has 22 heavy (non-hydrogen) atoms.